The first kappa shape index (κ1) is 11.8. The second-order valence-electron chi connectivity index (χ2n) is 3.66. The molecule has 3 nitrogen and oxygen atoms in total. The molecule has 0 radical (unpaired) electrons. The van der Waals surface area contributed by atoms with E-state index in [1.807, 2.05) is 10.9 Å². The van der Waals surface area contributed by atoms with Crippen LogP contribution < -0.4 is 0 Å². The Bertz CT molecular complexity index is 424. The van der Waals surface area contributed by atoms with Crippen molar-refractivity contribution in [2.75, 3.05) is 0 Å². The van der Waals surface area contributed by atoms with Crippen LogP contribution in [-0.4, -0.2) is 15.0 Å². The summed E-state index contributed by atoms with van der Waals surface area (Å²) in [5.74, 6) is 0. The molecule has 2 aromatic rings. The zero-order valence-corrected chi connectivity index (χ0v) is 11.5. The summed E-state index contributed by atoms with van der Waals surface area (Å²) in [6.45, 7) is 3.02. The predicted molar refractivity (Wildman–Crippen MR) is 70.0 cm³/mol. The fourth-order valence-electron chi connectivity index (χ4n) is 1.45. The van der Waals surface area contributed by atoms with Crippen LogP contribution in [0.15, 0.2) is 23.0 Å². The number of hydrogen-bond donors (Lipinski definition) is 0. The summed E-state index contributed by atoms with van der Waals surface area (Å²) in [6.07, 6.45) is 4.07. The molecule has 0 aliphatic carbocycles. The summed E-state index contributed by atoms with van der Waals surface area (Å²) in [5.41, 5.74) is 2.39. The number of aromatic nitrogens is 3. The highest BCUT2D eigenvalue weighted by atomic mass is 79.9. The van der Waals surface area contributed by atoms with Crippen LogP contribution in [0.2, 0.25) is 0 Å². The molecule has 0 spiro atoms. The molecule has 0 amide bonds. The van der Waals surface area contributed by atoms with Crippen LogP contribution in [-0.2, 0) is 13.0 Å². The fourth-order valence-corrected chi connectivity index (χ4v) is 2.37. The van der Waals surface area contributed by atoms with Crippen molar-refractivity contribution in [1.29, 1.82) is 0 Å². The normalized spacial score (nSPS) is 12.9. The van der Waals surface area contributed by atoms with Crippen LogP contribution in [0.25, 0.3) is 0 Å². The summed E-state index contributed by atoms with van der Waals surface area (Å²) in [6, 6.07) is 2.15. The van der Waals surface area contributed by atoms with E-state index < -0.39 is 0 Å². The minimum Gasteiger partial charge on any atom is -0.252 e. The van der Waals surface area contributed by atoms with Gasteiger partial charge in [0.25, 0.3) is 0 Å². The van der Waals surface area contributed by atoms with E-state index in [0.717, 1.165) is 25.1 Å². The lowest BCUT2D eigenvalue weighted by Crippen LogP contribution is -2.01. The van der Waals surface area contributed by atoms with Crippen molar-refractivity contribution in [2.45, 2.75) is 31.1 Å². The Kier molecular flexibility index (Phi) is 4.12. The molecule has 86 valence electrons. The molecule has 0 N–H and O–H groups in total. The van der Waals surface area contributed by atoms with E-state index in [1.54, 1.807) is 11.3 Å². The average Bonchev–Trinajstić information content (AvgIpc) is 2.96. The molecule has 1 atom stereocenters. The summed E-state index contributed by atoms with van der Waals surface area (Å²) in [4.78, 5) is 0.322. The Morgan fingerprint density at radius 1 is 1.56 bits per heavy atom. The van der Waals surface area contributed by atoms with Crippen molar-refractivity contribution in [3.63, 3.8) is 0 Å². The van der Waals surface area contributed by atoms with E-state index >= 15 is 0 Å². The van der Waals surface area contributed by atoms with Crippen molar-refractivity contribution < 1.29 is 0 Å². The van der Waals surface area contributed by atoms with Gasteiger partial charge in [0.15, 0.2) is 0 Å². The van der Waals surface area contributed by atoms with E-state index in [9.17, 15) is 0 Å². The number of aryl methyl sites for hydroxylation is 2. The van der Waals surface area contributed by atoms with Gasteiger partial charge >= 0.3 is 0 Å². The van der Waals surface area contributed by atoms with E-state index in [2.05, 4.69) is 50.0 Å². The lowest BCUT2D eigenvalue weighted by atomic mass is 10.2. The lowest BCUT2D eigenvalue weighted by molar-refractivity contribution is 0.589. The summed E-state index contributed by atoms with van der Waals surface area (Å²) >= 11 is 5.31. The van der Waals surface area contributed by atoms with Gasteiger partial charge in [-0.15, -0.1) is 5.10 Å². The van der Waals surface area contributed by atoms with E-state index in [1.165, 1.54) is 5.56 Å². The summed E-state index contributed by atoms with van der Waals surface area (Å²) in [7, 11) is 0. The number of alkyl halides is 1. The highest BCUT2D eigenvalue weighted by Gasteiger charge is 2.09. The third kappa shape index (κ3) is 2.92. The standard InChI is InChI=1S/C11H14BrN3S/c1-2-10(12)11-7-15(14-13-11)5-3-9-4-6-16-8-9/h4,6-8,10H,2-3,5H2,1H3. The Hall–Kier alpha value is -0.680. The lowest BCUT2D eigenvalue weighted by Gasteiger charge is -2.00. The smallest absolute Gasteiger partial charge is 0.0963 e. The van der Waals surface area contributed by atoms with Crippen LogP contribution in [0.3, 0.4) is 0 Å². The monoisotopic (exact) mass is 299 g/mol. The molecular formula is C11H14BrN3S. The quantitative estimate of drug-likeness (QED) is 0.792. The van der Waals surface area contributed by atoms with Gasteiger partial charge in [0.1, 0.15) is 0 Å². The third-order valence-electron chi connectivity index (χ3n) is 2.45. The van der Waals surface area contributed by atoms with Crippen molar-refractivity contribution in [1.82, 2.24) is 15.0 Å². The van der Waals surface area contributed by atoms with Gasteiger partial charge in [0, 0.05) is 12.7 Å². The van der Waals surface area contributed by atoms with Crippen LogP contribution in [0.1, 0.15) is 29.4 Å². The zero-order valence-electron chi connectivity index (χ0n) is 9.14. The van der Waals surface area contributed by atoms with Gasteiger partial charge in [-0.1, -0.05) is 28.1 Å². The molecule has 0 aliphatic rings. The SMILES string of the molecule is CCC(Br)c1cn(CCc2ccsc2)nn1. The van der Waals surface area contributed by atoms with Crippen molar-refractivity contribution in [3.8, 4) is 0 Å². The molecule has 2 heterocycles. The van der Waals surface area contributed by atoms with Gasteiger partial charge in [0.05, 0.1) is 10.5 Å². The molecule has 0 fully saturated rings. The maximum atomic E-state index is 4.16. The van der Waals surface area contributed by atoms with Gasteiger partial charge in [-0.25, -0.2) is 0 Å². The van der Waals surface area contributed by atoms with Crippen molar-refractivity contribution >= 4 is 27.3 Å². The molecule has 1 unspecified atom stereocenters. The first-order chi connectivity index (χ1) is 7.79. The highest BCUT2D eigenvalue weighted by Crippen LogP contribution is 2.23. The molecule has 0 aromatic carbocycles. The number of rotatable bonds is 5. The van der Waals surface area contributed by atoms with Crippen LogP contribution in [0.5, 0.6) is 0 Å². The Morgan fingerprint density at radius 3 is 3.12 bits per heavy atom. The fraction of sp³-hybridized carbons (Fsp3) is 0.455. The predicted octanol–water partition coefficient (Wildman–Crippen LogP) is 3.43. The maximum absolute atomic E-state index is 4.16. The summed E-state index contributed by atoms with van der Waals surface area (Å²) in [5, 5.41) is 12.6. The molecule has 16 heavy (non-hydrogen) atoms. The molecule has 0 aliphatic heterocycles. The van der Waals surface area contributed by atoms with Crippen molar-refractivity contribution in [3.05, 3.63) is 34.3 Å². The van der Waals surface area contributed by atoms with Crippen molar-refractivity contribution in [2.24, 2.45) is 0 Å². The van der Waals surface area contributed by atoms with Crippen LogP contribution in [0, 0.1) is 0 Å². The first-order valence-corrected chi connectivity index (χ1v) is 7.20. The minimum atomic E-state index is 0.322. The first-order valence-electron chi connectivity index (χ1n) is 5.34. The van der Waals surface area contributed by atoms with E-state index in [4.69, 9.17) is 0 Å². The van der Waals surface area contributed by atoms with Crippen LogP contribution >= 0.6 is 27.3 Å². The third-order valence-corrected chi connectivity index (χ3v) is 4.29. The van der Waals surface area contributed by atoms with Gasteiger partial charge in [-0.3, -0.25) is 4.68 Å². The second kappa shape index (κ2) is 5.59. The largest absolute Gasteiger partial charge is 0.252 e. The molecule has 2 aromatic heterocycles. The number of nitrogens with zero attached hydrogens (tertiary/aromatic N) is 3. The minimum absolute atomic E-state index is 0.322. The topological polar surface area (TPSA) is 30.7 Å². The van der Waals surface area contributed by atoms with Gasteiger partial charge in [-0.2, -0.15) is 11.3 Å². The maximum Gasteiger partial charge on any atom is 0.0963 e. The molecule has 0 saturated carbocycles. The number of halogens is 1. The molecular weight excluding hydrogens is 286 g/mol. The highest BCUT2D eigenvalue weighted by molar-refractivity contribution is 9.09. The molecule has 0 bridgehead atoms. The Balaban J connectivity index is 1.93. The molecule has 0 saturated heterocycles. The second-order valence-corrected chi connectivity index (χ2v) is 5.55. The Morgan fingerprint density at radius 2 is 2.44 bits per heavy atom. The summed E-state index contributed by atoms with van der Waals surface area (Å²) < 4.78 is 1.91. The van der Waals surface area contributed by atoms with E-state index in [-0.39, 0.29) is 0 Å². The molecule has 5 heteroatoms. The van der Waals surface area contributed by atoms with E-state index in [0.29, 0.717) is 4.83 Å². The molecule has 2 rings (SSSR count). The number of thiophene rings is 1. The Labute approximate surface area is 108 Å². The zero-order chi connectivity index (χ0) is 11.4. The number of hydrogen-bond acceptors (Lipinski definition) is 3. The average molecular weight is 300 g/mol. The van der Waals surface area contributed by atoms with Gasteiger partial charge < -0.3 is 0 Å². The van der Waals surface area contributed by atoms with Gasteiger partial charge in [0.2, 0.25) is 0 Å². The van der Waals surface area contributed by atoms with Gasteiger partial charge in [-0.05, 0) is 35.2 Å². The van der Waals surface area contributed by atoms with Crippen LogP contribution in [0.4, 0.5) is 0 Å².